The van der Waals surface area contributed by atoms with Crippen LogP contribution in [0.3, 0.4) is 0 Å². The third-order valence-corrected chi connectivity index (χ3v) is 9.06. The highest BCUT2D eigenvalue weighted by molar-refractivity contribution is 5.25. The molecule has 26 heavy (non-hydrogen) atoms. The van der Waals surface area contributed by atoms with Crippen LogP contribution in [0.15, 0.2) is 11.6 Å². The zero-order valence-electron chi connectivity index (χ0n) is 17.3. The van der Waals surface area contributed by atoms with E-state index in [9.17, 15) is 5.11 Å². The van der Waals surface area contributed by atoms with Crippen molar-refractivity contribution in [2.75, 3.05) is 6.61 Å². The molecule has 7 atom stereocenters. The van der Waals surface area contributed by atoms with Gasteiger partial charge in [0.1, 0.15) is 0 Å². The van der Waals surface area contributed by atoms with E-state index in [0.717, 1.165) is 37.2 Å². The first kappa shape index (κ1) is 19.0. The van der Waals surface area contributed by atoms with E-state index in [-0.39, 0.29) is 6.10 Å². The van der Waals surface area contributed by atoms with Gasteiger partial charge in [-0.1, -0.05) is 45.3 Å². The molecule has 3 saturated carbocycles. The maximum atomic E-state index is 10.1. The second kappa shape index (κ2) is 7.24. The SMILES string of the molecule is CCCCCOC1CCC2C3CC=C4CC(O)CCC4(C)C3CCC12C. The van der Waals surface area contributed by atoms with Gasteiger partial charge in [0.25, 0.3) is 0 Å². The molecule has 0 spiro atoms. The summed E-state index contributed by atoms with van der Waals surface area (Å²) in [5.41, 5.74) is 2.36. The van der Waals surface area contributed by atoms with E-state index in [2.05, 4.69) is 26.8 Å². The lowest BCUT2D eigenvalue weighted by molar-refractivity contribution is -0.0935. The molecule has 0 heterocycles. The van der Waals surface area contributed by atoms with Crippen LogP contribution in [-0.4, -0.2) is 23.9 Å². The Kier molecular flexibility index (Phi) is 5.29. The van der Waals surface area contributed by atoms with Gasteiger partial charge in [-0.25, -0.2) is 0 Å². The number of fused-ring (bicyclic) bond motifs is 5. The molecule has 2 heteroatoms. The normalized spacial score (nSPS) is 47.7. The zero-order chi connectivity index (χ0) is 18.4. The summed E-state index contributed by atoms with van der Waals surface area (Å²) >= 11 is 0. The van der Waals surface area contributed by atoms with Gasteiger partial charge >= 0.3 is 0 Å². The van der Waals surface area contributed by atoms with Crippen molar-refractivity contribution in [3.63, 3.8) is 0 Å². The molecule has 148 valence electrons. The first-order valence-corrected chi connectivity index (χ1v) is 11.5. The van der Waals surface area contributed by atoms with E-state index in [1.54, 1.807) is 5.57 Å². The van der Waals surface area contributed by atoms with Crippen LogP contribution in [0.5, 0.6) is 0 Å². The molecule has 2 nitrogen and oxygen atoms in total. The van der Waals surface area contributed by atoms with Crippen LogP contribution in [-0.2, 0) is 4.74 Å². The highest BCUT2D eigenvalue weighted by atomic mass is 16.5. The molecule has 3 fully saturated rings. The van der Waals surface area contributed by atoms with E-state index in [1.807, 2.05) is 0 Å². The number of aliphatic hydroxyl groups is 1. The Hall–Kier alpha value is -0.340. The number of allylic oxidation sites excluding steroid dienone is 1. The summed E-state index contributed by atoms with van der Waals surface area (Å²) in [4.78, 5) is 0. The quantitative estimate of drug-likeness (QED) is 0.489. The predicted octanol–water partition coefficient (Wildman–Crippen LogP) is 5.89. The summed E-state index contributed by atoms with van der Waals surface area (Å²) in [5.74, 6) is 2.54. The van der Waals surface area contributed by atoms with Crippen molar-refractivity contribution in [2.45, 2.75) is 104 Å². The summed E-state index contributed by atoms with van der Waals surface area (Å²) in [6.45, 7) is 8.31. The number of rotatable bonds is 5. The summed E-state index contributed by atoms with van der Waals surface area (Å²) in [5, 5.41) is 10.1. The molecule has 0 aromatic heterocycles. The van der Waals surface area contributed by atoms with Crippen molar-refractivity contribution >= 4 is 0 Å². The lowest BCUT2D eigenvalue weighted by Crippen LogP contribution is -2.51. The van der Waals surface area contributed by atoms with Crippen LogP contribution in [0, 0.1) is 28.6 Å². The maximum Gasteiger partial charge on any atom is 0.0631 e. The molecule has 4 aliphatic carbocycles. The highest BCUT2D eigenvalue weighted by Gasteiger charge is 2.58. The molecule has 0 amide bonds. The number of unbranched alkanes of at least 4 members (excludes halogenated alkanes) is 2. The summed E-state index contributed by atoms with van der Waals surface area (Å²) in [6.07, 6.45) is 16.5. The minimum absolute atomic E-state index is 0.0906. The lowest BCUT2D eigenvalue weighted by atomic mass is 9.48. The van der Waals surface area contributed by atoms with Crippen LogP contribution >= 0.6 is 0 Å². The van der Waals surface area contributed by atoms with E-state index >= 15 is 0 Å². The summed E-state index contributed by atoms with van der Waals surface area (Å²) < 4.78 is 6.45. The fraction of sp³-hybridized carbons (Fsp3) is 0.917. The third kappa shape index (κ3) is 3.00. The fourth-order valence-electron chi connectivity index (χ4n) is 7.45. The Morgan fingerprint density at radius 1 is 1.08 bits per heavy atom. The zero-order valence-corrected chi connectivity index (χ0v) is 17.3. The van der Waals surface area contributed by atoms with Gasteiger partial charge in [0.2, 0.25) is 0 Å². The van der Waals surface area contributed by atoms with Gasteiger partial charge < -0.3 is 9.84 Å². The Morgan fingerprint density at radius 3 is 2.73 bits per heavy atom. The van der Waals surface area contributed by atoms with Crippen LogP contribution in [0.25, 0.3) is 0 Å². The number of hydrogen-bond acceptors (Lipinski definition) is 2. The Morgan fingerprint density at radius 2 is 1.92 bits per heavy atom. The van der Waals surface area contributed by atoms with Crippen LogP contribution in [0.1, 0.15) is 91.4 Å². The van der Waals surface area contributed by atoms with E-state index in [4.69, 9.17) is 4.74 Å². The van der Waals surface area contributed by atoms with Gasteiger partial charge in [-0.3, -0.25) is 0 Å². The van der Waals surface area contributed by atoms with E-state index in [1.165, 1.54) is 57.8 Å². The van der Waals surface area contributed by atoms with Gasteiger partial charge in [0.15, 0.2) is 0 Å². The maximum absolute atomic E-state index is 10.1. The number of aliphatic hydroxyl groups excluding tert-OH is 1. The van der Waals surface area contributed by atoms with Crippen LogP contribution < -0.4 is 0 Å². The molecule has 4 rings (SSSR count). The van der Waals surface area contributed by atoms with Crippen molar-refractivity contribution in [3.8, 4) is 0 Å². The molecule has 0 bridgehead atoms. The van der Waals surface area contributed by atoms with Gasteiger partial charge in [-0.2, -0.15) is 0 Å². The van der Waals surface area contributed by atoms with Gasteiger partial charge in [-0.15, -0.1) is 0 Å². The van der Waals surface area contributed by atoms with Crippen molar-refractivity contribution in [1.82, 2.24) is 0 Å². The minimum atomic E-state index is -0.0906. The van der Waals surface area contributed by atoms with Gasteiger partial charge in [0.05, 0.1) is 12.2 Å². The topological polar surface area (TPSA) is 29.5 Å². The van der Waals surface area contributed by atoms with Crippen molar-refractivity contribution in [2.24, 2.45) is 28.6 Å². The first-order chi connectivity index (χ1) is 12.5. The number of hydrogen-bond donors (Lipinski definition) is 1. The van der Waals surface area contributed by atoms with E-state index in [0.29, 0.717) is 16.9 Å². The molecule has 0 saturated heterocycles. The average molecular weight is 361 g/mol. The second-order valence-electron chi connectivity index (χ2n) is 10.3. The largest absolute Gasteiger partial charge is 0.393 e. The Balaban J connectivity index is 1.49. The van der Waals surface area contributed by atoms with Crippen LogP contribution in [0.2, 0.25) is 0 Å². The minimum Gasteiger partial charge on any atom is -0.393 e. The van der Waals surface area contributed by atoms with Crippen molar-refractivity contribution in [3.05, 3.63) is 11.6 Å². The highest BCUT2D eigenvalue weighted by Crippen LogP contribution is 2.65. The summed E-state index contributed by atoms with van der Waals surface area (Å²) in [6, 6.07) is 0. The van der Waals surface area contributed by atoms with E-state index < -0.39 is 0 Å². The average Bonchev–Trinajstić information content (AvgIpc) is 2.96. The monoisotopic (exact) mass is 360 g/mol. The number of ether oxygens (including phenoxy) is 1. The Bertz CT molecular complexity index is 540. The van der Waals surface area contributed by atoms with Gasteiger partial charge in [0, 0.05) is 6.61 Å². The molecule has 0 aromatic rings. The second-order valence-corrected chi connectivity index (χ2v) is 10.3. The molecular weight excluding hydrogens is 320 g/mol. The third-order valence-electron chi connectivity index (χ3n) is 9.06. The van der Waals surface area contributed by atoms with Crippen molar-refractivity contribution < 1.29 is 9.84 Å². The van der Waals surface area contributed by atoms with Gasteiger partial charge in [-0.05, 0) is 86.4 Å². The standard InChI is InChI=1S/C24H40O2/c1-4-5-6-15-26-22-10-9-20-19-8-7-17-16-18(25)11-13-23(17,2)21(19)12-14-24(20,22)3/h7,18-22,25H,4-6,8-16H2,1-3H3. The van der Waals surface area contributed by atoms with Crippen molar-refractivity contribution in [1.29, 1.82) is 0 Å². The summed E-state index contributed by atoms with van der Waals surface area (Å²) in [7, 11) is 0. The Labute approximate surface area is 160 Å². The molecule has 0 aromatic carbocycles. The van der Waals surface area contributed by atoms with Crippen LogP contribution in [0.4, 0.5) is 0 Å². The molecular formula is C24H40O2. The first-order valence-electron chi connectivity index (χ1n) is 11.5. The molecule has 7 unspecified atom stereocenters. The fourth-order valence-corrected chi connectivity index (χ4v) is 7.45. The molecule has 4 aliphatic rings. The predicted molar refractivity (Wildman–Crippen MR) is 107 cm³/mol. The smallest absolute Gasteiger partial charge is 0.0631 e. The molecule has 1 N–H and O–H groups in total. The lowest BCUT2D eigenvalue weighted by Gasteiger charge is -2.57. The molecule has 0 radical (unpaired) electrons. The molecule has 0 aliphatic heterocycles.